The Morgan fingerprint density at radius 3 is 2.50 bits per heavy atom. The highest BCUT2D eigenvalue weighted by Gasteiger charge is 2.23. The summed E-state index contributed by atoms with van der Waals surface area (Å²) in [6, 6.07) is 0. The quantitative estimate of drug-likeness (QED) is 0.660. The van der Waals surface area contributed by atoms with Crippen LogP contribution >= 0.6 is 0 Å². The standard InChI is InChI=1S/C10H19N3O/c14-10(9-3-5-11-6-4-9)12-13-7-1-2-8-13/h9,11H,1-8H2,(H,12,14). The van der Waals surface area contributed by atoms with Gasteiger partial charge in [-0.25, -0.2) is 5.01 Å². The second kappa shape index (κ2) is 4.75. The molecule has 0 bridgehead atoms. The van der Waals surface area contributed by atoms with E-state index in [4.69, 9.17) is 0 Å². The molecule has 0 aromatic heterocycles. The third-order valence-electron chi connectivity index (χ3n) is 3.08. The molecular formula is C10H19N3O. The topological polar surface area (TPSA) is 44.4 Å². The third kappa shape index (κ3) is 2.45. The highest BCUT2D eigenvalue weighted by Crippen LogP contribution is 2.12. The minimum absolute atomic E-state index is 0.230. The van der Waals surface area contributed by atoms with Gasteiger partial charge in [-0.05, 0) is 38.8 Å². The monoisotopic (exact) mass is 197 g/mol. The Labute approximate surface area is 85.0 Å². The molecule has 0 aromatic carbocycles. The summed E-state index contributed by atoms with van der Waals surface area (Å²) in [5.41, 5.74) is 3.02. The zero-order chi connectivity index (χ0) is 9.80. The molecule has 4 nitrogen and oxygen atoms in total. The van der Waals surface area contributed by atoms with Crippen LogP contribution in [0.2, 0.25) is 0 Å². The molecule has 4 heteroatoms. The van der Waals surface area contributed by atoms with Gasteiger partial charge in [0.1, 0.15) is 0 Å². The summed E-state index contributed by atoms with van der Waals surface area (Å²) >= 11 is 0. The van der Waals surface area contributed by atoms with E-state index in [-0.39, 0.29) is 11.8 Å². The van der Waals surface area contributed by atoms with Crippen molar-refractivity contribution in [1.82, 2.24) is 15.8 Å². The molecule has 14 heavy (non-hydrogen) atoms. The molecule has 2 N–H and O–H groups in total. The van der Waals surface area contributed by atoms with E-state index < -0.39 is 0 Å². The van der Waals surface area contributed by atoms with Gasteiger partial charge in [0.15, 0.2) is 0 Å². The molecule has 2 aliphatic heterocycles. The van der Waals surface area contributed by atoms with E-state index in [1.165, 1.54) is 12.8 Å². The van der Waals surface area contributed by atoms with Crippen LogP contribution in [0.5, 0.6) is 0 Å². The van der Waals surface area contributed by atoms with Gasteiger partial charge in [-0.15, -0.1) is 0 Å². The Morgan fingerprint density at radius 2 is 1.86 bits per heavy atom. The number of amides is 1. The summed E-state index contributed by atoms with van der Waals surface area (Å²) in [4.78, 5) is 11.8. The molecule has 80 valence electrons. The van der Waals surface area contributed by atoms with Gasteiger partial charge in [0.05, 0.1) is 0 Å². The maximum absolute atomic E-state index is 11.8. The number of rotatable bonds is 2. The maximum atomic E-state index is 11.8. The average Bonchev–Trinajstić information content (AvgIpc) is 2.72. The SMILES string of the molecule is O=C(NN1CCCC1)C1CCNCC1. The van der Waals surface area contributed by atoms with Crippen LogP contribution in [0.1, 0.15) is 25.7 Å². The molecule has 0 radical (unpaired) electrons. The van der Waals surface area contributed by atoms with Gasteiger partial charge in [0.25, 0.3) is 0 Å². The number of hydrazine groups is 1. The van der Waals surface area contributed by atoms with Gasteiger partial charge >= 0.3 is 0 Å². The first-order chi connectivity index (χ1) is 6.86. The number of nitrogens with one attached hydrogen (secondary N) is 2. The summed E-state index contributed by atoms with van der Waals surface area (Å²) in [5.74, 6) is 0.463. The van der Waals surface area contributed by atoms with Gasteiger partial charge in [-0.2, -0.15) is 0 Å². The molecular weight excluding hydrogens is 178 g/mol. The third-order valence-corrected chi connectivity index (χ3v) is 3.08. The Bertz CT molecular complexity index is 196. The Hall–Kier alpha value is -0.610. The first-order valence-electron chi connectivity index (χ1n) is 5.62. The summed E-state index contributed by atoms with van der Waals surface area (Å²) in [6.45, 7) is 4.02. The van der Waals surface area contributed by atoms with Gasteiger partial charge in [0, 0.05) is 19.0 Å². The fraction of sp³-hybridized carbons (Fsp3) is 0.900. The highest BCUT2D eigenvalue weighted by molar-refractivity contribution is 5.78. The van der Waals surface area contributed by atoms with E-state index in [0.717, 1.165) is 39.0 Å². The molecule has 0 atom stereocenters. The fourth-order valence-corrected chi connectivity index (χ4v) is 2.16. The molecule has 1 amide bonds. The molecule has 2 fully saturated rings. The number of carbonyl (C=O) groups is 1. The van der Waals surface area contributed by atoms with Crippen molar-refractivity contribution in [1.29, 1.82) is 0 Å². The number of hydrogen-bond donors (Lipinski definition) is 2. The molecule has 0 unspecified atom stereocenters. The molecule has 0 aliphatic carbocycles. The number of nitrogens with zero attached hydrogens (tertiary/aromatic N) is 1. The van der Waals surface area contributed by atoms with E-state index in [1.807, 2.05) is 0 Å². The lowest BCUT2D eigenvalue weighted by Gasteiger charge is -2.24. The van der Waals surface area contributed by atoms with E-state index >= 15 is 0 Å². The predicted molar refractivity (Wildman–Crippen MR) is 54.5 cm³/mol. The van der Waals surface area contributed by atoms with Crippen LogP contribution < -0.4 is 10.7 Å². The van der Waals surface area contributed by atoms with Gasteiger partial charge < -0.3 is 5.32 Å². The molecule has 0 saturated carbocycles. The minimum Gasteiger partial charge on any atom is -0.317 e. The molecule has 0 spiro atoms. The number of hydrogen-bond acceptors (Lipinski definition) is 3. The largest absolute Gasteiger partial charge is 0.317 e. The van der Waals surface area contributed by atoms with Crippen molar-refractivity contribution in [2.45, 2.75) is 25.7 Å². The minimum atomic E-state index is 0.230. The summed E-state index contributed by atoms with van der Waals surface area (Å²) in [6.07, 6.45) is 4.40. The van der Waals surface area contributed by atoms with Crippen molar-refractivity contribution in [3.05, 3.63) is 0 Å². The van der Waals surface area contributed by atoms with Crippen LogP contribution in [0, 0.1) is 5.92 Å². The Kier molecular flexibility index (Phi) is 3.37. The number of piperidine rings is 1. The predicted octanol–water partition coefficient (Wildman–Crippen LogP) is 0.113. The maximum Gasteiger partial charge on any atom is 0.237 e. The molecule has 2 aliphatic rings. The summed E-state index contributed by atoms with van der Waals surface area (Å²) < 4.78 is 0. The molecule has 2 rings (SSSR count). The van der Waals surface area contributed by atoms with Gasteiger partial charge in [-0.3, -0.25) is 10.2 Å². The van der Waals surface area contributed by atoms with Crippen LogP contribution in [0.4, 0.5) is 0 Å². The highest BCUT2D eigenvalue weighted by atomic mass is 16.2. The Morgan fingerprint density at radius 1 is 1.21 bits per heavy atom. The molecule has 2 heterocycles. The Balaban J connectivity index is 1.75. The smallest absolute Gasteiger partial charge is 0.237 e. The average molecular weight is 197 g/mol. The van der Waals surface area contributed by atoms with E-state index in [9.17, 15) is 4.79 Å². The zero-order valence-corrected chi connectivity index (χ0v) is 8.59. The first-order valence-corrected chi connectivity index (χ1v) is 5.62. The fourth-order valence-electron chi connectivity index (χ4n) is 2.16. The van der Waals surface area contributed by atoms with Crippen molar-refractivity contribution >= 4 is 5.91 Å². The van der Waals surface area contributed by atoms with Crippen LogP contribution in [0.3, 0.4) is 0 Å². The van der Waals surface area contributed by atoms with E-state index in [0.29, 0.717) is 0 Å². The van der Waals surface area contributed by atoms with Crippen LogP contribution in [0.15, 0.2) is 0 Å². The van der Waals surface area contributed by atoms with Crippen molar-refractivity contribution < 1.29 is 4.79 Å². The van der Waals surface area contributed by atoms with Crippen molar-refractivity contribution in [3.8, 4) is 0 Å². The second-order valence-corrected chi connectivity index (χ2v) is 4.19. The second-order valence-electron chi connectivity index (χ2n) is 4.19. The lowest BCUT2D eigenvalue weighted by molar-refractivity contribution is -0.130. The van der Waals surface area contributed by atoms with Crippen LogP contribution in [-0.4, -0.2) is 37.1 Å². The van der Waals surface area contributed by atoms with E-state index in [2.05, 4.69) is 15.8 Å². The van der Waals surface area contributed by atoms with Crippen LogP contribution in [0.25, 0.3) is 0 Å². The lowest BCUT2D eigenvalue weighted by atomic mass is 9.98. The van der Waals surface area contributed by atoms with E-state index in [1.54, 1.807) is 0 Å². The van der Waals surface area contributed by atoms with Crippen molar-refractivity contribution in [3.63, 3.8) is 0 Å². The summed E-state index contributed by atoms with van der Waals surface area (Å²) in [7, 11) is 0. The van der Waals surface area contributed by atoms with Crippen LogP contribution in [-0.2, 0) is 4.79 Å². The normalized spacial score (nSPS) is 25.1. The lowest BCUT2D eigenvalue weighted by Crippen LogP contribution is -2.45. The first kappa shape index (κ1) is 9.93. The van der Waals surface area contributed by atoms with Gasteiger partial charge in [0.2, 0.25) is 5.91 Å². The van der Waals surface area contributed by atoms with Gasteiger partial charge in [-0.1, -0.05) is 0 Å². The molecule has 2 saturated heterocycles. The number of carbonyl (C=O) groups excluding carboxylic acids is 1. The van der Waals surface area contributed by atoms with Crippen molar-refractivity contribution in [2.24, 2.45) is 5.92 Å². The van der Waals surface area contributed by atoms with Crippen molar-refractivity contribution in [2.75, 3.05) is 26.2 Å². The zero-order valence-electron chi connectivity index (χ0n) is 8.59. The molecule has 0 aromatic rings. The summed E-state index contributed by atoms with van der Waals surface area (Å²) in [5, 5.41) is 5.33.